The van der Waals surface area contributed by atoms with Crippen molar-refractivity contribution in [3.05, 3.63) is 61.2 Å². The molecule has 14 heteroatoms. The summed E-state index contributed by atoms with van der Waals surface area (Å²) in [6.07, 6.45) is -0.992. The van der Waals surface area contributed by atoms with Crippen molar-refractivity contribution in [2.24, 2.45) is 4.99 Å². The van der Waals surface area contributed by atoms with Gasteiger partial charge in [0.05, 0.1) is 37.5 Å². The number of morpholine rings is 1. The topological polar surface area (TPSA) is 140 Å². The van der Waals surface area contributed by atoms with E-state index < -0.39 is 30.1 Å². The monoisotopic (exact) mass is 610 g/mol. The van der Waals surface area contributed by atoms with Crippen molar-refractivity contribution in [1.29, 1.82) is 0 Å². The average molecular weight is 612 g/mol. The van der Waals surface area contributed by atoms with Gasteiger partial charge in [0, 0.05) is 46.3 Å². The van der Waals surface area contributed by atoms with E-state index in [9.17, 15) is 19.5 Å². The minimum atomic E-state index is -1.06. The number of ether oxygens (including phenoxy) is 3. The molecule has 40 heavy (non-hydrogen) atoms. The highest BCUT2D eigenvalue weighted by Gasteiger charge is 2.36. The molecule has 0 amide bonds. The highest BCUT2D eigenvalue weighted by atomic mass is 35.5. The fourth-order valence-electron chi connectivity index (χ4n) is 4.30. The van der Waals surface area contributed by atoms with Gasteiger partial charge >= 0.3 is 17.9 Å². The zero-order valence-electron chi connectivity index (χ0n) is 21.8. The van der Waals surface area contributed by atoms with Crippen molar-refractivity contribution < 1.29 is 33.7 Å². The predicted octanol–water partition coefficient (Wildman–Crippen LogP) is 3.25. The van der Waals surface area contributed by atoms with Crippen LogP contribution in [0.25, 0.3) is 0 Å². The number of hydrogen-bond donors (Lipinski definition) is 2. The van der Waals surface area contributed by atoms with Crippen LogP contribution >= 0.6 is 34.5 Å². The number of carboxylic acids is 1. The van der Waals surface area contributed by atoms with Gasteiger partial charge in [-0.15, -0.1) is 11.3 Å². The van der Waals surface area contributed by atoms with Crippen molar-refractivity contribution in [3.8, 4) is 0 Å². The van der Waals surface area contributed by atoms with Crippen molar-refractivity contribution in [2.45, 2.75) is 32.4 Å². The molecular formula is C26H28Cl2N4O7S. The van der Waals surface area contributed by atoms with Crippen LogP contribution in [0.4, 0.5) is 0 Å². The van der Waals surface area contributed by atoms with E-state index in [1.807, 2.05) is 4.90 Å². The number of carbonyl (C=O) groups excluding carboxylic acids is 2. The van der Waals surface area contributed by atoms with E-state index in [2.05, 4.69) is 10.3 Å². The molecule has 1 fully saturated rings. The summed E-state index contributed by atoms with van der Waals surface area (Å²) in [5.74, 6) is -1.68. The standard InChI is InChI=1S/C26H28Cl2N4O7S/c1-3-37-20(33)10-15-13-40-24(29-15)23-30-18(11-32-7-8-39-19(12-32)25(34)35)21(26(36)38-4-2)22(31-23)16-6-5-14(27)9-17(16)28/h5-6,9,13,19,22H,3-4,7-8,10-12H2,1-2H3,(H,30,31)(H,34,35). The Morgan fingerprint density at radius 1 is 1.23 bits per heavy atom. The highest BCUT2D eigenvalue weighted by Crippen LogP contribution is 2.37. The Labute approximate surface area is 244 Å². The molecule has 1 saturated heterocycles. The fraction of sp³-hybridized carbons (Fsp3) is 0.423. The second-order valence-electron chi connectivity index (χ2n) is 8.84. The number of hydrogen-bond acceptors (Lipinski definition) is 11. The summed E-state index contributed by atoms with van der Waals surface area (Å²) in [7, 11) is 0. The predicted molar refractivity (Wildman–Crippen MR) is 149 cm³/mol. The number of nitrogens with zero attached hydrogens (tertiary/aromatic N) is 3. The Morgan fingerprint density at radius 2 is 2.00 bits per heavy atom. The lowest BCUT2D eigenvalue weighted by Crippen LogP contribution is -2.48. The number of aliphatic imine (C=N–C) groups is 1. The average Bonchev–Trinajstić information content (AvgIpc) is 3.37. The van der Waals surface area contributed by atoms with Crippen LogP contribution in [-0.2, 0) is 35.0 Å². The van der Waals surface area contributed by atoms with Gasteiger partial charge < -0.3 is 24.6 Å². The SMILES string of the molecule is CCOC(=O)Cc1csc(C2=NC(c3ccc(Cl)cc3Cl)C(C(=O)OCC)=C(CN3CCOC(C(=O)O)C3)N2)n1. The molecule has 0 spiro atoms. The molecular weight excluding hydrogens is 583 g/mol. The Kier molecular flexibility index (Phi) is 10.1. The first-order valence-corrected chi connectivity index (χ1v) is 14.2. The minimum absolute atomic E-state index is 0.00515. The number of carboxylic acid groups (broad SMARTS) is 1. The van der Waals surface area contributed by atoms with Crippen LogP contribution in [0.5, 0.6) is 0 Å². The van der Waals surface area contributed by atoms with Crippen LogP contribution in [0, 0.1) is 0 Å². The van der Waals surface area contributed by atoms with Crippen molar-refractivity contribution in [1.82, 2.24) is 15.2 Å². The molecule has 0 aliphatic carbocycles. The van der Waals surface area contributed by atoms with Gasteiger partial charge in [-0.2, -0.15) is 0 Å². The second kappa shape index (κ2) is 13.6. The lowest BCUT2D eigenvalue weighted by Gasteiger charge is -2.34. The van der Waals surface area contributed by atoms with Crippen LogP contribution in [0.15, 0.2) is 39.8 Å². The van der Waals surface area contributed by atoms with Crippen molar-refractivity contribution >= 4 is 58.3 Å². The fourth-order valence-corrected chi connectivity index (χ4v) is 5.58. The van der Waals surface area contributed by atoms with Crippen molar-refractivity contribution in [3.63, 3.8) is 0 Å². The summed E-state index contributed by atoms with van der Waals surface area (Å²) in [6, 6.07) is 4.05. The molecule has 2 N–H and O–H groups in total. The first kappa shape index (κ1) is 29.9. The van der Waals surface area contributed by atoms with Crippen LogP contribution < -0.4 is 5.32 Å². The molecule has 2 aromatic rings. The summed E-state index contributed by atoms with van der Waals surface area (Å²) < 4.78 is 15.8. The van der Waals surface area contributed by atoms with E-state index in [0.29, 0.717) is 44.4 Å². The lowest BCUT2D eigenvalue weighted by atomic mass is 9.95. The Morgan fingerprint density at radius 3 is 2.70 bits per heavy atom. The van der Waals surface area contributed by atoms with Gasteiger partial charge in [-0.1, -0.05) is 29.3 Å². The molecule has 2 unspecified atom stereocenters. The van der Waals surface area contributed by atoms with Gasteiger partial charge in [0.2, 0.25) is 0 Å². The molecule has 4 rings (SSSR count). The summed E-state index contributed by atoms with van der Waals surface area (Å²) in [6.45, 7) is 4.81. The zero-order chi connectivity index (χ0) is 28.8. The molecule has 3 heterocycles. The van der Waals surface area contributed by atoms with Gasteiger partial charge in [0.15, 0.2) is 16.9 Å². The van der Waals surface area contributed by atoms with E-state index in [1.54, 1.807) is 37.4 Å². The first-order chi connectivity index (χ1) is 19.2. The van der Waals surface area contributed by atoms with Crippen LogP contribution in [0.2, 0.25) is 10.0 Å². The van der Waals surface area contributed by atoms with Crippen LogP contribution in [0.3, 0.4) is 0 Å². The number of aromatic nitrogens is 1. The zero-order valence-corrected chi connectivity index (χ0v) is 24.1. The van der Waals surface area contributed by atoms with E-state index in [0.717, 1.165) is 0 Å². The number of aliphatic carboxylic acids is 1. The molecule has 0 radical (unpaired) electrons. The number of carbonyl (C=O) groups is 3. The third-order valence-electron chi connectivity index (χ3n) is 6.07. The Balaban J connectivity index is 1.76. The number of rotatable bonds is 10. The third kappa shape index (κ3) is 7.18. The summed E-state index contributed by atoms with van der Waals surface area (Å²) in [5, 5.41) is 15.7. The quantitative estimate of drug-likeness (QED) is 0.385. The van der Waals surface area contributed by atoms with Gasteiger partial charge in [-0.3, -0.25) is 14.7 Å². The molecule has 11 nitrogen and oxygen atoms in total. The number of amidine groups is 1. The van der Waals surface area contributed by atoms with E-state index in [1.165, 1.54) is 11.3 Å². The molecule has 0 bridgehead atoms. The molecule has 214 valence electrons. The maximum absolute atomic E-state index is 13.4. The number of esters is 2. The van der Waals surface area contributed by atoms with Crippen LogP contribution in [0.1, 0.15) is 36.2 Å². The van der Waals surface area contributed by atoms with Gasteiger partial charge in [0.1, 0.15) is 6.04 Å². The summed E-state index contributed by atoms with van der Waals surface area (Å²) in [5.41, 5.74) is 1.74. The number of benzene rings is 1. The van der Waals surface area contributed by atoms with Crippen molar-refractivity contribution in [2.75, 3.05) is 39.5 Å². The molecule has 2 aliphatic rings. The molecule has 0 saturated carbocycles. The molecule has 1 aromatic carbocycles. The van der Waals surface area contributed by atoms with E-state index in [4.69, 9.17) is 42.4 Å². The molecule has 2 atom stereocenters. The number of halogens is 2. The third-order valence-corrected chi connectivity index (χ3v) is 7.53. The first-order valence-electron chi connectivity index (χ1n) is 12.6. The van der Waals surface area contributed by atoms with Gasteiger partial charge in [0.25, 0.3) is 0 Å². The minimum Gasteiger partial charge on any atom is -0.479 e. The Hall–Kier alpha value is -3.03. The van der Waals surface area contributed by atoms with Gasteiger partial charge in [-0.25, -0.2) is 14.6 Å². The maximum Gasteiger partial charge on any atom is 0.338 e. The lowest BCUT2D eigenvalue weighted by molar-refractivity contribution is -0.155. The second-order valence-corrected chi connectivity index (χ2v) is 10.5. The van der Waals surface area contributed by atoms with E-state index in [-0.39, 0.29) is 44.9 Å². The van der Waals surface area contributed by atoms with Crippen LogP contribution in [-0.4, -0.2) is 84.3 Å². The number of nitrogens with one attached hydrogen (secondary N) is 1. The largest absolute Gasteiger partial charge is 0.479 e. The Bertz CT molecular complexity index is 1350. The number of thiazole rings is 1. The highest BCUT2D eigenvalue weighted by molar-refractivity contribution is 7.11. The summed E-state index contributed by atoms with van der Waals surface area (Å²) in [4.78, 5) is 48.2. The normalized spacial score (nSPS) is 19.6. The van der Waals surface area contributed by atoms with Gasteiger partial charge in [-0.05, 0) is 26.0 Å². The molecule has 1 aromatic heterocycles. The summed E-state index contributed by atoms with van der Waals surface area (Å²) >= 11 is 14.0. The maximum atomic E-state index is 13.4. The molecule has 2 aliphatic heterocycles. The smallest absolute Gasteiger partial charge is 0.338 e. The van der Waals surface area contributed by atoms with E-state index >= 15 is 0 Å².